The molecule has 0 spiro atoms. The highest BCUT2D eigenvalue weighted by Crippen LogP contribution is 2.31. The summed E-state index contributed by atoms with van der Waals surface area (Å²) in [6.07, 6.45) is -0.0674. The average molecular weight is 517 g/mol. The van der Waals surface area contributed by atoms with Crippen molar-refractivity contribution in [3.8, 4) is 11.3 Å². The molecule has 4 aromatic rings. The highest BCUT2D eigenvalue weighted by atomic mass is 79.9. The van der Waals surface area contributed by atoms with E-state index in [-0.39, 0.29) is 24.8 Å². The number of nitrogens with zero attached hydrogens (tertiary/aromatic N) is 1. The molecule has 2 N–H and O–H groups in total. The van der Waals surface area contributed by atoms with Gasteiger partial charge in [0.05, 0.1) is 23.2 Å². The van der Waals surface area contributed by atoms with Crippen molar-refractivity contribution in [2.45, 2.75) is 26.2 Å². The second-order valence-corrected chi connectivity index (χ2v) is 9.26. The van der Waals surface area contributed by atoms with Crippen LogP contribution < -0.4 is 5.32 Å². The third kappa shape index (κ3) is 5.02. The summed E-state index contributed by atoms with van der Waals surface area (Å²) in [5.41, 5.74) is 5.66. The van der Waals surface area contributed by atoms with Gasteiger partial charge in [-0.1, -0.05) is 70.5 Å². The number of carboxylic acids is 1. The van der Waals surface area contributed by atoms with Gasteiger partial charge >= 0.3 is 5.97 Å². The first-order chi connectivity index (χ1) is 16.3. The normalized spacial score (nSPS) is 11.9. The van der Waals surface area contributed by atoms with Gasteiger partial charge in [0.1, 0.15) is 0 Å². The molecule has 6 heteroatoms. The van der Waals surface area contributed by atoms with Gasteiger partial charge in [-0.3, -0.25) is 9.59 Å². The van der Waals surface area contributed by atoms with Gasteiger partial charge in [0.2, 0.25) is 0 Å². The second-order valence-electron chi connectivity index (χ2n) is 8.35. The Hall–Kier alpha value is -3.51. The first-order valence-electron chi connectivity index (χ1n) is 11.1. The maximum Gasteiger partial charge on any atom is 0.304 e. The zero-order valence-corrected chi connectivity index (χ0v) is 20.6. The number of carbonyl (C=O) groups excluding carboxylic acids is 1. The fourth-order valence-electron chi connectivity index (χ4n) is 4.35. The molecule has 0 aliphatic carbocycles. The van der Waals surface area contributed by atoms with Crippen molar-refractivity contribution in [3.05, 3.63) is 99.5 Å². The summed E-state index contributed by atoms with van der Waals surface area (Å²) in [5.74, 6) is -1.48. The Kier molecular flexibility index (Phi) is 7.08. The maximum atomic E-state index is 13.6. The number of carboxylic acid groups (broad SMARTS) is 1. The van der Waals surface area contributed by atoms with E-state index < -0.39 is 5.97 Å². The van der Waals surface area contributed by atoms with Gasteiger partial charge in [0.25, 0.3) is 5.91 Å². The molecule has 1 atom stereocenters. The Morgan fingerprint density at radius 1 is 1.00 bits per heavy atom. The fourth-order valence-corrected chi connectivity index (χ4v) is 4.71. The van der Waals surface area contributed by atoms with Crippen LogP contribution in [-0.4, -0.2) is 28.5 Å². The van der Waals surface area contributed by atoms with Crippen LogP contribution in [0.25, 0.3) is 22.2 Å². The number of benzene rings is 3. The highest BCUT2D eigenvalue weighted by Gasteiger charge is 2.22. The van der Waals surface area contributed by atoms with Gasteiger partial charge in [0.15, 0.2) is 0 Å². The van der Waals surface area contributed by atoms with E-state index in [2.05, 4.69) is 21.2 Å². The van der Waals surface area contributed by atoms with Crippen LogP contribution in [0.2, 0.25) is 0 Å². The SMILES string of the molecule is Cc1ccccc1[C@@H](CNC(=O)c1c(C)c(-c2ccccc2)nc2ccc(Br)cc12)CC(=O)O. The lowest BCUT2D eigenvalue weighted by molar-refractivity contribution is -0.137. The molecule has 0 radical (unpaired) electrons. The Balaban J connectivity index is 1.74. The molecular weight excluding hydrogens is 492 g/mol. The van der Waals surface area contributed by atoms with E-state index >= 15 is 0 Å². The topological polar surface area (TPSA) is 79.3 Å². The van der Waals surface area contributed by atoms with Crippen molar-refractivity contribution in [2.24, 2.45) is 0 Å². The number of carbonyl (C=O) groups is 2. The molecule has 0 aliphatic heterocycles. The molecule has 4 rings (SSSR count). The van der Waals surface area contributed by atoms with Crippen molar-refractivity contribution in [1.82, 2.24) is 10.3 Å². The average Bonchev–Trinajstić information content (AvgIpc) is 2.82. The number of aromatic nitrogens is 1. The quantitative estimate of drug-likeness (QED) is 0.303. The van der Waals surface area contributed by atoms with Crippen LogP contribution in [0.15, 0.2) is 77.3 Å². The number of rotatable bonds is 7. The molecular formula is C28H25BrN2O3. The van der Waals surface area contributed by atoms with Gasteiger partial charge in [-0.15, -0.1) is 0 Å². The lowest BCUT2D eigenvalue weighted by atomic mass is 9.91. The van der Waals surface area contributed by atoms with E-state index in [4.69, 9.17) is 4.98 Å². The zero-order chi connectivity index (χ0) is 24.2. The van der Waals surface area contributed by atoms with Crippen LogP contribution in [0.3, 0.4) is 0 Å². The summed E-state index contributed by atoms with van der Waals surface area (Å²) in [7, 11) is 0. The third-order valence-corrected chi connectivity index (χ3v) is 6.52. The molecule has 0 fully saturated rings. The Bertz CT molecular complexity index is 1370. The molecule has 34 heavy (non-hydrogen) atoms. The fraction of sp³-hybridized carbons (Fsp3) is 0.179. The van der Waals surface area contributed by atoms with Crippen LogP contribution in [0.5, 0.6) is 0 Å². The maximum absolute atomic E-state index is 13.6. The Morgan fingerprint density at radius 3 is 2.41 bits per heavy atom. The highest BCUT2D eigenvalue weighted by molar-refractivity contribution is 9.10. The van der Waals surface area contributed by atoms with Gasteiger partial charge in [-0.2, -0.15) is 0 Å². The van der Waals surface area contributed by atoms with E-state index in [1.807, 2.05) is 86.6 Å². The standard InChI is InChI=1S/C28H25BrN2O3/c1-17-8-6-7-11-22(17)20(14-25(32)33)16-30-28(34)26-18(2)27(19-9-4-3-5-10-19)31-24-13-12-21(29)15-23(24)26/h3-13,15,20H,14,16H2,1-2H3,(H,30,34)(H,32,33)/t20-/m1/s1. The van der Waals surface area contributed by atoms with Gasteiger partial charge < -0.3 is 10.4 Å². The molecule has 0 bridgehead atoms. The van der Waals surface area contributed by atoms with E-state index in [0.29, 0.717) is 5.56 Å². The van der Waals surface area contributed by atoms with Crippen molar-refractivity contribution >= 4 is 38.7 Å². The smallest absolute Gasteiger partial charge is 0.304 e. The van der Waals surface area contributed by atoms with Gasteiger partial charge in [-0.25, -0.2) is 4.98 Å². The molecule has 3 aromatic carbocycles. The summed E-state index contributed by atoms with van der Waals surface area (Å²) in [6, 6.07) is 23.2. The van der Waals surface area contributed by atoms with Crippen molar-refractivity contribution in [1.29, 1.82) is 0 Å². The number of fused-ring (bicyclic) bond motifs is 1. The monoisotopic (exact) mass is 516 g/mol. The molecule has 1 heterocycles. The lowest BCUT2D eigenvalue weighted by Crippen LogP contribution is -2.30. The second kappa shape index (κ2) is 10.2. The minimum atomic E-state index is -0.900. The van der Waals surface area contributed by atoms with E-state index in [1.54, 1.807) is 0 Å². The molecule has 0 saturated heterocycles. The number of amides is 1. The number of aliphatic carboxylic acids is 1. The van der Waals surface area contributed by atoms with Crippen LogP contribution in [0.1, 0.15) is 39.4 Å². The summed E-state index contributed by atoms with van der Waals surface area (Å²) in [6.45, 7) is 4.07. The largest absolute Gasteiger partial charge is 0.481 e. The molecule has 0 unspecified atom stereocenters. The predicted molar refractivity (Wildman–Crippen MR) is 138 cm³/mol. The number of hydrogen-bond acceptors (Lipinski definition) is 3. The number of halogens is 1. The van der Waals surface area contributed by atoms with E-state index in [9.17, 15) is 14.7 Å². The number of hydrogen-bond donors (Lipinski definition) is 2. The van der Waals surface area contributed by atoms with Crippen LogP contribution in [-0.2, 0) is 4.79 Å². The van der Waals surface area contributed by atoms with E-state index in [0.717, 1.165) is 43.3 Å². The van der Waals surface area contributed by atoms with Gasteiger partial charge in [0, 0.05) is 27.9 Å². The number of aryl methyl sites for hydroxylation is 1. The Morgan fingerprint density at radius 2 is 1.71 bits per heavy atom. The zero-order valence-electron chi connectivity index (χ0n) is 19.0. The molecule has 1 amide bonds. The van der Waals surface area contributed by atoms with Crippen molar-refractivity contribution in [3.63, 3.8) is 0 Å². The number of pyridine rings is 1. The molecule has 1 aromatic heterocycles. The molecule has 5 nitrogen and oxygen atoms in total. The van der Waals surface area contributed by atoms with Gasteiger partial charge in [-0.05, 0) is 48.7 Å². The summed E-state index contributed by atoms with van der Waals surface area (Å²) in [5, 5.41) is 13.2. The summed E-state index contributed by atoms with van der Waals surface area (Å²) in [4.78, 5) is 30.0. The lowest BCUT2D eigenvalue weighted by Gasteiger charge is -2.20. The summed E-state index contributed by atoms with van der Waals surface area (Å²) >= 11 is 3.51. The summed E-state index contributed by atoms with van der Waals surface area (Å²) < 4.78 is 0.853. The van der Waals surface area contributed by atoms with Crippen LogP contribution >= 0.6 is 15.9 Å². The molecule has 0 saturated carbocycles. The van der Waals surface area contributed by atoms with Crippen LogP contribution in [0.4, 0.5) is 0 Å². The number of nitrogens with one attached hydrogen (secondary N) is 1. The predicted octanol–water partition coefficient (Wildman–Crippen LogP) is 6.27. The Labute approximate surface area is 207 Å². The van der Waals surface area contributed by atoms with Crippen molar-refractivity contribution in [2.75, 3.05) is 6.54 Å². The minimum Gasteiger partial charge on any atom is -0.481 e. The first kappa shape index (κ1) is 23.6. The van der Waals surface area contributed by atoms with Crippen LogP contribution in [0, 0.1) is 13.8 Å². The van der Waals surface area contributed by atoms with Crippen molar-refractivity contribution < 1.29 is 14.7 Å². The first-order valence-corrected chi connectivity index (χ1v) is 11.8. The third-order valence-electron chi connectivity index (χ3n) is 6.02. The van der Waals surface area contributed by atoms with E-state index in [1.165, 1.54) is 0 Å². The minimum absolute atomic E-state index is 0.0674. The molecule has 0 aliphatic rings. The molecule has 172 valence electrons.